The average molecular weight is 510 g/mol. The summed E-state index contributed by atoms with van der Waals surface area (Å²) in [7, 11) is 0. The molecule has 5 rings (SSSR count). The summed E-state index contributed by atoms with van der Waals surface area (Å²) in [5, 5.41) is 2.80. The van der Waals surface area contributed by atoms with Crippen LogP contribution in [-0.4, -0.2) is 34.3 Å². The van der Waals surface area contributed by atoms with Gasteiger partial charge in [0.2, 0.25) is 0 Å². The van der Waals surface area contributed by atoms with Gasteiger partial charge in [0.05, 0.1) is 16.6 Å². The smallest absolute Gasteiger partial charge is 0.274 e. The minimum atomic E-state index is -1.58. The number of rotatable bonds is 7. The van der Waals surface area contributed by atoms with Crippen LogP contribution in [0, 0.1) is 31.0 Å². The second-order valence-electron chi connectivity index (χ2n) is 8.54. The number of carbonyl (C=O) groups excluding carboxylic acids is 1. The van der Waals surface area contributed by atoms with Crippen LogP contribution in [0.2, 0.25) is 0 Å². The van der Waals surface area contributed by atoms with Crippen molar-refractivity contribution in [3.63, 3.8) is 0 Å². The van der Waals surface area contributed by atoms with Gasteiger partial charge in [-0.05, 0) is 43.7 Å². The molecule has 2 aromatic heterocycles. The topological polar surface area (TPSA) is 116 Å². The fourth-order valence-electron chi connectivity index (χ4n) is 4.70. The summed E-state index contributed by atoms with van der Waals surface area (Å²) >= 11 is 1.28. The third-order valence-corrected chi connectivity index (χ3v) is 7.70. The highest BCUT2D eigenvalue weighted by atomic mass is 32.2. The monoisotopic (exact) mass is 509 g/mol. The van der Waals surface area contributed by atoms with Gasteiger partial charge in [-0.3, -0.25) is 4.79 Å². The minimum Gasteiger partial charge on any atom is -0.479 e. The van der Waals surface area contributed by atoms with Gasteiger partial charge in [0.15, 0.2) is 11.6 Å². The third-order valence-electron chi connectivity index (χ3n) is 6.40. The fraction of sp³-hybridized carbons (Fsp3) is 0.280. The highest BCUT2D eigenvalue weighted by Gasteiger charge is 2.71. The standard InChI is InChI=1S/C25H21F2N5O3S/c1-3-8-34-16-5-7-19(29-11-16)22(33)31-15-4-6-18(27)17(9-15)24(12-26)20-10-25(20,36-23(28)32-24)21-14(2)30-13-35-21/h1,4-7,9,11,13,20H,8,10,12H2,2H3,(H2,28,32)(H,31,33)/t20-,24+,25-/m0/s1. The van der Waals surface area contributed by atoms with Gasteiger partial charge < -0.3 is 20.2 Å². The molecule has 1 saturated carbocycles. The Kier molecular flexibility index (Phi) is 5.92. The summed E-state index contributed by atoms with van der Waals surface area (Å²) in [5.41, 5.74) is 5.58. The lowest BCUT2D eigenvalue weighted by molar-refractivity contribution is 0.102. The number of aromatic nitrogens is 2. The third kappa shape index (κ3) is 3.87. The molecule has 184 valence electrons. The first-order chi connectivity index (χ1) is 17.3. The number of thioether (sulfide) groups is 1. The Balaban J connectivity index is 1.45. The molecular weight excluding hydrogens is 488 g/mol. The Morgan fingerprint density at radius 3 is 2.89 bits per heavy atom. The molecule has 36 heavy (non-hydrogen) atoms. The maximum atomic E-state index is 15.2. The van der Waals surface area contributed by atoms with Crippen molar-refractivity contribution in [1.29, 1.82) is 0 Å². The number of pyridine rings is 1. The van der Waals surface area contributed by atoms with Crippen LogP contribution < -0.4 is 15.8 Å². The number of benzene rings is 1. The summed E-state index contributed by atoms with van der Waals surface area (Å²) < 4.78 is 40.2. The first kappa shape index (κ1) is 23.8. The van der Waals surface area contributed by atoms with E-state index in [0.29, 0.717) is 23.6 Å². The molecule has 0 bridgehead atoms. The number of amidine groups is 1. The van der Waals surface area contributed by atoms with E-state index in [1.165, 1.54) is 48.6 Å². The number of ether oxygens (including phenoxy) is 1. The molecule has 0 radical (unpaired) electrons. The van der Waals surface area contributed by atoms with Crippen molar-refractivity contribution in [2.75, 3.05) is 18.6 Å². The molecule has 1 aromatic carbocycles. The lowest BCUT2D eigenvalue weighted by Gasteiger charge is -2.34. The van der Waals surface area contributed by atoms with Gasteiger partial charge in [0.25, 0.3) is 5.91 Å². The number of alkyl halides is 1. The van der Waals surface area contributed by atoms with Crippen LogP contribution in [-0.2, 0) is 10.3 Å². The van der Waals surface area contributed by atoms with E-state index in [0.717, 1.165) is 0 Å². The summed E-state index contributed by atoms with van der Waals surface area (Å²) in [6.07, 6.45) is 8.34. The fourth-order valence-corrected chi connectivity index (χ4v) is 6.16. The summed E-state index contributed by atoms with van der Waals surface area (Å²) in [4.78, 5) is 25.4. The van der Waals surface area contributed by atoms with Gasteiger partial charge in [0.1, 0.15) is 41.8 Å². The number of aliphatic imine (C=N–C) groups is 1. The Hall–Kier alpha value is -3.91. The molecule has 8 nitrogen and oxygen atoms in total. The summed E-state index contributed by atoms with van der Waals surface area (Å²) in [5.74, 6) is 1.73. The molecule has 0 unspecified atom stereocenters. The summed E-state index contributed by atoms with van der Waals surface area (Å²) in [6, 6.07) is 6.97. The molecule has 3 N–H and O–H groups in total. The number of nitrogens with two attached hydrogens (primary N) is 1. The van der Waals surface area contributed by atoms with Crippen molar-refractivity contribution >= 4 is 28.5 Å². The highest BCUT2D eigenvalue weighted by Crippen LogP contribution is 2.71. The molecule has 3 heterocycles. The van der Waals surface area contributed by atoms with Gasteiger partial charge in [0, 0.05) is 17.2 Å². The molecule has 11 heteroatoms. The van der Waals surface area contributed by atoms with Crippen molar-refractivity contribution in [2.24, 2.45) is 16.6 Å². The van der Waals surface area contributed by atoms with Crippen LogP contribution in [0.15, 0.2) is 52.3 Å². The van der Waals surface area contributed by atoms with Gasteiger partial charge in [-0.1, -0.05) is 17.7 Å². The van der Waals surface area contributed by atoms with Crippen molar-refractivity contribution in [3.05, 3.63) is 71.5 Å². The Labute approximate surface area is 209 Å². The number of terminal acetylenes is 1. The van der Waals surface area contributed by atoms with Crippen LogP contribution in [0.3, 0.4) is 0 Å². The number of carbonyl (C=O) groups is 1. The Bertz CT molecular complexity index is 1400. The number of halogens is 2. The van der Waals surface area contributed by atoms with E-state index in [9.17, 15) is 9.18 Å². The van der Waals surface area contributed by atoms with Crippen LogP contribution in [0.25, 0.3) is 0 Å². The molecule has 0 spiro atoms. The van der Waals surface area contributed by atoms with Gasteiger partial charge >= 0.3 is 0 Å². The number of hydrogen-bond acceptors (Lipinski definition) is 8. The number of oxazole rings is 1. The van der Waals surface area contributed by atoms with Crippen LogP contribution in [0.5, 0.6) is 5.75 Å². The normalized spacial score (nSPS) is 24.3. The maximum absolute atomic E-state index is 15.2. The van der Waals surface area contributed by atoms with Crippen LogP contribution in [0.4, 0.5) is 14.5 Å². The average Bonchev–Trinajstić information content (AvgIpc) is 3.46. The number of hydrogen-bond donors (Lipinski definition) is 2. The molecule has 0 saturated heterocycles. The maximum Gasteiger partial charge on any atom is 0.274 e. The first-order valence-electron chi connectivity index (χ1n) is 11.0. The number of aryl methyl sites for hydroxylation is 1. The number of anilines is 1. The molecule has 1 amide bonds. The lowest BCUT2D eigenvalue weighted by Crippen LogP contribution is -2.39. The van der Waals surface area contributed by atoms with Gasteiger partial charge in [-0.25, -0.2) is 23.7 Å². The van der Waals surface area contributed by atoms with Crippen LogP contribution >= 0.6 is 11.8 Å². The first-order valence-corrected chi connectivity index (χ1v) is 11.8. The number of nitrogens with zero attached hydrogens (tertiary/aromatic N) is 3. The largest absolute Gasteiger partial charge is 0.479 e. The zero-order valence-electron chi connectivity index (χ0n) is 19.1. The molecule has 1 aliphatic carbocycles. The highest BCUT2D eigenvalue weighted by molar-refractivity contribution is 8.14. The predicted octanol–water partition coefficient (Wildman–Crippen LogP) is 3.92. The van der Waals surface area contributed by atoms with Crippen molar-refractivity contribution in [2.45, 2.75) is 23.6 Å². The zero-order chi connectivity index (χ0) is 25.5. The van der Waals surface area contributed by atoms with E-state index in [1.807, 2.05) is 0 Å². The molecule has 1 aliphatic heterocycles. The van der Waals surface area contributed by atoms with E-state index in [-0.39, 0.29) is 28.7 Å². The number of nitrogens with one attached hydrogen (secondary N) is 1. The SMILES string of the molecule is C#CCOc1ccc(C(=O)Nc2ccc(F)c([C@@]3(CF)N=C(N)S[C@@]4(c5ocnc5C)C[C@@H]34)c2)nc1. The second kappa shape index (κ2) is 8.95. The van der Waals surface area contributed by atoms with Gasteiger partial charge in [-0.15, -0.1) is 6.42 Å². The van der Waals surface area contributed by atoms with Crippen LogP contribution in [0.1, 0.15) is 33.9 Å². The van der Waals surface area contributed by atoms with Gasteiger partial charge in [-0.2, -0.15) is 0 Å². The van der Waals surface area contributed by atoms with E-state index < -0.39 is 34.6 Å². The van der Waals surface area contributed by atoms with E-state index in [4.69, 9.17) is 21.3 Å². The number of fused-ring (bicyclic) bond motifs is 1. The molecule has 2 aliphatic rings. The van der Waals surface area contributed by atoms with E-state index in [1.54, 1.807) is 13.0 Å². The lowest BCUT2D eigenvalue weighted by atomic mass is 9.84. The molecule has 1 fully saturated rings. The molecular formula is C25H21F2N5O3S. The Morgan fingerprint density at radius 1 is 1.39 bits per heavy atom. The predicted molar refractivity (Wildman–Crippen MR) is 131 cm³/mol. The zero-order valence-corrected chi connectivity index (χ0v) is 19.9. The number of amides is 1. The van der Waals surface area contributed by atoms with Crippen molar-refractivity contribution in [3.8, 4) is 18.1 Å². The minimum absolute atomic E-state index is 0.00100. The summed E-state index contributed by atoms with van der Waals surface area (Å²) in [6.45, 7) is 0.885. The van der Waals surface area contributed by atoms with Crippen molar-refractivity contribution in [1.82, 2.24) is 9.97 Å². The van der Waals surface area contributed by atoms with E-state index in [2.05, 4.69) is 26.2 Å². The van der Waals surface area contributed by atoms with E-state index >= 15 is 4.39 Å². The van der Waals surface area contributed by atoms with Crippen molar-refractivity contribution < 1.29 is 22.7 Å². The quantitative estimate of drug-likeness (QED) is 0.464. The second-order valence-corrected chi connectivity index (χ2v) is 9.89. The molecule has 3 atom stereocenters. The Morgan fingerprint density at radius 2 is 2.22 bits per heavy atom. The molecule has 3 aromatic rings.